The molecule has 1 saturated heterocycles. The van der Waals surface area contributed by atoms with E-state index in [1.807, 2.05) is 52.0 Å². The molecule has 0 spiro atoms. The van der Waals surface area contributed by atoms with Crippen LogP contribution in [0.2, 0.25) is 10.0 Å². The fourth-order valence-electron chi connectivity index (χ4n) is 6.93. The van der Waals surface area contributed by atoms with Gasteiger partial charge in [-0.25, -0.2) is 13.2 Å². The van der Waals surface area contributed by atoms with Crippen LogP contribution in [0.25, 0.3) is 0 Å². The third-order valence-corrected chi connectivity index (χ3v) is 12.4. The van der Waals surface area contributed by atoms with Crippen molar-refractivity contribution in [3.63, 3.8) is 0 Å². The Kier molecular flexibility index (Phi) is 11.7. The summed E-state index contributed by atoms with van der Waals surface area (Å²) in [6.45, 7) is 9.91. The third-order valence-electron chi connectivity index (χ3n) is 9.97. The topological polar surface area (TPSA) is 129 Å². The first-order valence-corrected chi connectivity index (χ1v) is 19.3. The van der Waals surface area contributed by atoms with Crippen molar-refractivity contribution >= 4 is 51.0 Å². The molecule has 51 heavy (non-hydrogen) atoms. The Morgan fingerprint density at radius 3 is 2.06 bits per heavy atom. The Labute approximate surface area is 311 Å². The zero-order valence-corrected chi connectivity index (χ0v) is 32.1. The van der Waals surface area contributed by atoms with Gasteiger partial charge in [0.2, 0.25) is 15.9 Å². The first-order valence-electron chi connectivity index (χ1n) is 17.1. The van der Waals surface area contributed by atoms with E-state index in [4.69, 9.17) is 38.7 Å². The molecule has 2 atom stereocenters. The fraction of sp³-hybridized carbons (Fsp3) is 0.432. The summed E-state index contributed by atoms with van der Waals surface area (Å²) in [6.07, 6.45) is 1.62. The van der Waals surface area contributed by atoms with Gasteiger partial charge in [0.25, 0.3) is 0 Å². The quantitative estimate of drug-likeness (QED) is 0.230. The SMILES string of the molecule is CCOc1cc(S(=O)(=O)N2CCCC2)ccc1C1=N[C@@](C)(c2ccc(Cl)cc2)[C@@](C)(c2ccc(Cl)cc2)N1C(=O)N(CC)CCN(C)CC(N)=O. The van der Waals surface area contributed by atoms with Crippen molar-refractivity contribution < 1.29 is 22.7 Å². The molecule has 3 aromatic rings. The molecule has 2 heterocycles. The van der Waals surface area contributed by atoms with Crippen LogP contribution in [0.15, 0.2) is 76.6 Å². The molecule has 1 fully saturated rings. The van der Waals surface area contributed by atoms with E-state index in [1.165, 1.54) is 10.4 Å². The van der Waals surface area contributed by atoms with E-state index in [0.29, 0.717) is 54.2 Å². The maximum absolute atomic E-state index is 15.2. The van der Waals surface area contributed by atoms with Crippen LogP contribution in [-0.4, -0.2) is 98.1 Å². The second-order valence-electron chi connectivity index (χ2n) is 13.2. The number of aliphatic imine (C=N–C) groups is 1. The molecule has 0 bridgehead atoms. The first-order chi connectivity index (χ1) is 24.2. The van der Waals surface area contributed by atoms with Crippen molar-refractivity contribution in [1.82, 2.24) is 19.0 Å². The predicted molar refractivity (Wildman–Crippen MR) is 201 cm³/mol. The number of rotatable bonds is 13. The molecule has 0 aliphatic carbocycles. The summed E-state index contributed by atoms with van der Waals surface area (Å²) in [5.74, 6) is 0.137. The number of nitrogens with zero attached hydrogens (tertiary/aromatic N) is 5. The number of hydrogen-bond acceptors (Lipinski definition) is 7. The Balaban J connectivity index is 1.74. The Morgan fingerprint density at radius 2 is 1.51 bits per heavy atom. The fourth-order valence-corrected chi connectivity index (χ4v) is 8.72. The molecule has 0 unspecified atom stereocenters. The molecule has 2 aliphatic rings. The molecule has 0 aromatic heterocycles. The zero-order valence-electron chi connectivity index (χ0n) is 29.7. The highest BCUT2D eigenvalue weighted by atomic mass is 35.5. The second kappa shape index (κ2) is 15.5. The van der Waals surface area contributed by atoms with Crippen LogP contribution < -0.4 is 10.5 Å². The number of primary amides is 1. The van der Waals surface area contributed by atoms with Gasteiger partial charge >= 0.3 is 6.03 Å². The van der Waals surface area contributed by atoms with Gasteiger partial charge < -0.3 is 15.4 Å². The van der Waals surface area contributed by atoms with E-state index in [1.54, 1.807) is 58.1 Å². The van der Waals surface area contributed by atoms with Crippen molar-refractivity contribution in [2.24, 2.45) is 10.7 Å². The third kappa shape index (κ3) is 7.48. The molecule has 14 heteroatoms. The van der Waals surface area contributed by atoms with Crippen LogP contribution >= 0.6 is 23.2 Å². The lowest BCUT2D eigenvalue weighted by atomic mass is 9.71. The number of benzene rings is 3. The smallest absolute Gasteiger partial charge is 0.326 e. The van der Waals surface area contributed by atoms with E-state index in [0.717, 1.165) is 24.0 Å². The first kappa shape index (κ1) is 38.5. The summed E-state index contributed by atoms with van der Waals surface area (Å²) in [7, 11) is -2.00. The van der Waals surface area contributed by atoms with Gasteiger partial charge in [0.15, 0.2) is 0 Å². The van der Waals surface area contributed by atoms with Crippen LogP contribution in [-0.2, 0) is 25.9 Å². The number of sulfonamides is 1. The average molecular weight is 758 g/mol. The van der Waals surface area contributed by atoms with Gasteiger partial charge in [0.1, 0.15) is 22.7 Å². The van der Waals surface area contributed by atoms with Gasteiger partial charge in [-0.15, -0.1) is 0 Å². The number of ether oxygens (including phenoxy) is 1. The minimum atomic E-state index is -3.77. The predicted octanol–water partition coefficient (Wildman–Crippen LogP) is 5.93. The van der Waals surface area contributed by atoms with E-state index in [-0.39, 0.29) is 29.8 Å². The summed E-state index contributed by atoms with van der Waals surface area (Å²) in [4.78, 5) is 37.5. The Morgan fingerprint density at radius 1 is 0.922 bits per heavy atom. The number of amidine groups is 1. The van der Waals surface area contributed by atoms with Gasteiger partial charge in [-0.2, -0.15) is 4.31 Å². The van der Waals surface area contributed by atoms with E-state index < -0.39 is 27.0 Å². The maximum atomic E-state index is 15.2. The molecular formula is C37H46Cl2N6O5S. The Hall–Kier alpha value is -3.68. The lowest BCUT2D eigenvalue weighted by Crippen LogP contribution is -2.58. The number of hydrogen-bond donors (Lipinski definition) is 1. The van der Waals surface area contributed by atoms with E-state index in [9.17, 15) is 13.2 Å². The van der Waals surface area contributed by atoms with Crippen LogP contribution in [0.4, 0.5) is 4.79 Å². The number of amides is 3. The summed E-state index contributed by atoms with van der Waals surface area (Å²) < 4.78 is 35.0. The van der Waals surface area contributed by atoms with Gasteiger partial charge in [-0.05, 0) is 95.1 Å². The minimum absolute atomic E-state index is 0.0453. The summed E-state index contributed by atoms with van der Waals surface area (Å²) in [5.41, 5.74) is 5.21. The molecule has 0 saturated carbocycles. The van der Waals surface area contributed by atoms with E-state index in [2.05, 4.69) is 0 Å². The number of likely N-dealkylation sites (N-methyl/N-ethyl adjacent to an activating group) is 2. The van der Waals surface area contributed by atoms with Crippen molar-refractivity contribution in [2.45, 2.75) is 56.5 Å². The monoisotopic (exact) mass is 756 g/mol. The lowest BCUT2D eigenvalue weighted by molar-refractivity contribution is -0.118. The number of urea groups is 1. The van der Waals surface area contributed by atoms with E-state index >= 15 is 4.79 Å². The van der Waals surface area contributed by atoms with Gasteiger partial charge in [0.05, 0.1) is 23.6 Å². The van der Waals surface area contributed by atoms with Crippen LogP contribution in [0.3, 0.4) is 0 Å². The highest BCUT2D eigenvalue weighted by Crippen LogP contribution is 2.54. The molecule has 2 aliphatic heterocycles. The maximum Gasteiger partial charge on any atom is 0.326 e. The molecule has 3 aromatic carbocycles. The molecule has 0 radical (unpaired) electrons. The molecule has 3 amide bonds. The van der Waals surface area contributed by atoms with Crippen molar-refractivity contribution in [3.05, 3.63) is 93.5 Å². The normalized spacial score (nSPS) is 20.9. The largest absolute Gasteiger partial charge is 0.493 e. The minimum Gasteiger partial charge on any atom is -0.493 e. The highest BCUT2D eigenvalue weighted by molar-refractivity contribution is 7.89. The zero-order chi connectivity index (χ0) is 37.1. The van der Waals surface area contributed by atoms with Gasteiger partial charge in [0, 0.05) is 48.8 Å². The molecule has 11 nitrogen and oxygen atoms in total. The Bertz CT molecular complexity index is 1890. The van der Waals surface area contributed by atoms with Crippen LogP contribution in [0, 0.1) is 0 Å². The molecular weight excluding hydrogens is 711 g/mol. The second-order valence-corrected chi connectivity index (χ2v) is 16.0. The number of carbonyl (C=O) groups is 2. The van der Waals surface area contributed by atoms with Crippen molar-refractivity contribution in [3.8, 4) is 5.75 Å². The number of nitrogens with two attached hydrogens (primary N) is 1. The summed E-state index contributed by atoms with van der Waals surface area (Å²) >= 11 is 12.7. The molecule has 5 rings (SSSR count). The molecule has 2 N–H and O–H groups in total. The van der Waals surface area contributed by atoms with Crippen molar-refractivity contribution in [2.75, 3.05) is 52.9 Å². The van der Waals surface area contributed by atoms with Crippen LogP contribution in [0.1, 0.15) is 57.2 Å². The number of halogens is 2. The lowest BCUT2D eigenvalue weighted by Gasteiger charge is -2.46. The highest BCUT2D eigenvalue weighted by Gasteiger charge is 2.60. The summed E-state index contributed by atoms with van der Waals surface area (Å²) in [6, 6.07) is 19.2. The number of carbonyl (C=O) groups excluding carboxylic acids is 2. The van der Waals surface area contributed by atoms with Gasteiger partial charge in [-0.1, -0.05) is 47.5 Å². The average Bonchev–Trinajstić information content (AvgIpc) is 3.72. The molecule has 274 valence electrons. The standard InChI is InChI=1S/C37H46Cl2N6O5S/c1-6-43(23-22-42(5)25-33(40)46)35(47)45-34(31-19-18-30(24-32(31)50-7-2)51(48,49)44-20-8-9-21-44)41-36(3,26-10-14-28(38)15-11-26)37(45,4)27-12-16-29(39)17-13-27/h10-19,24H,6-9,20-23,25H2,1-5H3,(H2,40,46)/t36-,37+/m0/s1. The summed E-state index contributed by atoms with van der Waals surface area (Å²) in [5, 5.41) is 1.09. The van der Waals surface area contributed by atoms with Crippen molar-refractivity contribution in [1.29, 1.82) is 0 Å². The van der Waals surface area contributed by atoms with Gasteiger partial charge in [-0.3, -0.25) is 19.6 Å². The van der Waals surface area contributed by atoms with Crippen LogP contribution in [0.5, 0.6) is 5.75 Å².